The molecule has 0 aliphatic rings. The molecule has 5 nitrogen and oxygen atoms in total. The van der Waals surface area contributed by atoms with E-state index in [0.29, 0.717) is 19.8 Å². The molecule has 1 aromatic carbocycles. The first-order valence-corrected chi connectivity index (χ1v) is 7.45. The highest BCUT2D eigenvalue weighted by atomic mass is 79.9. The summed E-state index contributed by atoms with van der Waals surface area (Å²) in [5.41, 5.74) is 0.837. The van der Waals surface area contributed by atoms with Crippen molar-refractivity contribution < 1.29 is 9.53 Å². The fraction of sp³-hybridized carbons (Fsp3) is 0.333. The van der Waals surface area contributed by atoms with E-state index in [1.54, 1.807) is 0 Å². The van der Waals surface area contributed by atoms with Gasteiger partial charge in [-0.3, -0.25) is 4.79 Å². The van der Waals surface area contributed by atoms with Crippen LogP contribution in [0.4, 0.5) is 5.69 Å². The molecule has 6 heteroatoms. The lowest BCUT2D eigenvalue weighted by Crippen LogP contribution is -2.26. The van der Waals surface area contributed by atoms with Crippen LogP contribution in [0.1, 0.15) is 13.3 Å². The van der Waals surface area contributed by atoms with Crippen molar-refractivity contribution in [3.63, 3.8) is 0 Å². The molecule has 21 heavy (non-hydrogen) atoms. The Labute approximate surface area is 133 Å². The molecule has 1 aromatic rings. The average molecular weight is 352 g/mol. The molecule has 0 fully saturated rings. The summed E-state index contributed by atoms with van der Waals surface area (Å²) in [5.74, 6) is -0.390. The molecule has 1 amide bonds. The van der Waals surface area contributed by atoms with Crippen molar-refractivity contribution in [1.82, 2.24) is 5.32 Å². The van der Waals surface area contributed by atoms with Crippen molar-refractivity contribution in [2.75, 3.05) is 25.1 Å². The number of benzene rings is 1. The smallest absolute Gasteiger partial charge is 0.263 e. The average Bonchev–Trinajstić information content (AvgIpc) is 2.49. The van der Waals surface area contributed by atoms with Gasteiger partial charge in [0.05, 0.1) is 0 Å². The number of ether oxygens (including phenoxy) is 1. The van der Waals surface area contributed by atoms with Gasteiger partial charge in [0.2, 0.25) is 0 Å². The van der Waals surface area contributed by atoms with Crippen LogP contribution in [0.25, 0.3) is 0 Å². The largest absolute Gasteiger partial charge is 0.382 e. The maximum absolute atomic E-state index is 11.8. The molecule has 112 valence electrons. The number of halogens is 1. The molecule has 1 rings (SSSR count). The van der Waals surface area contributed by atoms with E-state index in [0.717, 1.165) is 16.6 Å². The molecule has 0 atom stereocenters. The lowest BCUT2D eigenvalue weighted by molar-refractivity contribution is -0.117. The summed E-state index contributed by atoms with van der Waals surface area (Å²) >= 11 is 3.34. The molecule has 0 radical (unpaired) electrons. The number of anilines is 1. The molecule has 0 aliphatic carbocycles. The Kier molecular flexibility index (Phi) is 8.17. The minimum Gasteiger partial charge on any atom is -0.382 e. The first-order chi connectivity index (χ1) is 10.2. The lowest BCUT2D eigenvalue weighted by atomic mass is 10.2. The summed E-state index contributed by atoms with van der Waals surface area (Å²) in [6, 6.07) is 9.31. The van der Waals surface area contributed by atoms with Gasteiger partial charge in [-0.1, -0.05) is 15.9 Å². The molecule has 0 aromatic heterocycles. The molecule has 0 saturated carbocycles. The van der Waals surface area contributed by atoms with Crippen molar-refractivity contribution in [2.24, 2.45) is 0 Å². The number of nitrogens with one attached hydrogen (secondary N) is 2. The molecule has 2 N–H and O–H groups in total. The van der Waals surface area contributed by atoms with Gasteiger partial charge >= 0.3 is 0 Å². The second-order valence-electron chi connectivity index (χ2n) is 4.13. The summed E-state index contributed by atoms with van der Waals surface area (Å²) in [5, 5.41) is 14.6. The Morgan fingerprint density at radius 1 is 1.43 bits per heavy atom. The normalized spacial score (nSPS) is 10.8. The van der Waals surface area contributed by atoms with Crippen LogP contribution in [-0.2, 0) is 9.53 Å². The Hall–Kier alpha value is -1.84. The first kappa shape index (κ1) is 17.2. The number of rotatable bonds is 8. The minimum absolute atomic E-state index is 0.0364. The fourth-order valence-corrected chi connectivity index (χ4v) is 1.73. The van der Waals surface area contributed by atoms with E-state index in [2.05, 4.69) is 26.6 Å². The number of hydrogen-bond donors (Lipinski definition) is 2. The number of carbonyl (C=O) groups excluding carboxylic acids is 1. The van der Waals surface area contributed by atoms with Gasteiger partial charge in [0, 0.05) is 36.1 Å². The van der Waals surface area contributed by atoms with Crippen molar-refractivity contribution in [2.45, 2.75) is 13.3 Å². The van der Waals surface area contributed by atoms with Crippen molar-refractivity contribution in [3.8, 4) is 6.07 Å². The zero-order valence-corrected chi connectivity index (χ0v) is 13.4. The van der Waals surface area contributed by atoms with Crippen LogP contribution in [0.15, 0.2) is 40.5 Å². The third-order valence-corrected chi connectivity index (χ3v) is 3.08. The fourth-order valence-electron chi connectivity index (χ4n) is 1.47. The van der Waals surface area contributed by atoms with Crippen molar-refractivity contribution in [1.29, 1.82) is 5.26 Å². The van der Waals surface area contributed by atoms with Crippen molar-refractivity contribution >= 4 is 27.5 Å². The predicted molar refractivity (Wildman–Crippen MR) is 85.6 cm³/mol. The maximum atomic E-state index is 11.8. The number of hydrogen-bond acceptors (Lipinski definition) is 4. The van der Waals surface area contributed by atoms with Crippen molar-refractivity contribution in [3.05, 3.63) is 40.5 Å². The standard InChI is InChI=1S/C15H18BrN3O2/c1-2-21-9-3-8-18-15(20)12(10-17)11-19-14-6-4-13(16)5-7-14/h4-7,11,19H,2-3,8-9H2,1H3,(H,18,20)/b12-11-. The predicted octanol–water partition coefficient (Wildman–Crippen LogP) is 2.81. The highest BCUT2D eigenvalue weighted by Gasteiger charge is 2.07. The summed E-state index contributed by atoms with van der Waals surface area (Å²) in [7, 11) is 0. The Balaban J connectivity index is 2.45. The van der Waals surface area contributed by atoms with Gasteiger partial charge in [0.1, 0.15) is 11.6 Å². The maximum Gasteiger partial charge on any atom is 0.263 e. The number of carbonyl (C=O) groups is 1. The van der Waals surface area contributed by atoms with Gasteiger partial charge < -0.3 is 15.4 Å². The second kappa shape index (κ2) is 9.97. The minimum atomic E-state index is -0.390. The third kappa shape index (κ3) is 6.93. The van der Waals surface area contributed by atoms with Crippen LogP contribution < -0.4 is 10.6 Å². The van der Waals surface area contributed by atoms with Gasteiger partial charge in [-0.15, -0.1) is 0 Å². The van der Waals surface area contributed by atoms with Gasteiger partial charge in [0.15, 0.2) is 0 Å². The zero-order chi connectivity index (χ0) is 15.5. The number of nitriles is 1. The number of nitrogens with zero attached hydrogens (tertiary/aromatic N) is 1. The highest BCUT2D eigenvalue weighted by molar-refractivity contribution is 9.10. The van der Waals surface area contributed by atoms with Crippen LogP contribution >= 0.6 is 15.9 Å². The molecule has 0 aliphatic heterocycles. The third-order valence-electron chi connectivity index (χ3n) is 2.55. The van der Waals surface area contributed by atoms with E-state index in [1.807, 2.05) is 37.3 Å². The highest BCUT2D eigenvalue weighted by Crippen LogP contribution is 2.14. The molecule has 0 unspecified atom stereocenters. The Morgan fingerprint density at radius 2 is 2.14 bits per heavy atom. The Morgan fingerprint density at radius 3 is 2.76 bits per heavy atom. The van der Waals surface area contributed by atoms with E-state index >= 15 is 0 Å². The van der Waals surface area contributed by atoms with Crippen LogP contribution in [0.3, 0.4) is 0 Å². The molecule has 0 heterocycles. The summed E-state index contributed by atoms with van der Waals surface area (Å²) < 4.78 is 6.13. The van der Waals surface area contributed by atoms with Crippen LogP contribution in [0, 0.1) is 11.3 Å². The Bertz CT molecular complexity index is 521. The van der Waals surface area contributed by atoms with Gasteiger partial charge in [0.25, 0.3) is 5.91 Å². The quantitative estimate of drug-likeness (QED) is 0.429. The molecular weight excluding hydrogens is 334 g/mol. The zero-order valence-electron chi connectivity index (χ0n) is 11.9. The first-order valence-electron chi connectivity index (χ1n) is 6.65. The SMILES string of the molecule is CCOCCCNC(=O)/C(C#N)=C\Nc1ccc(Br)cc1. The number of amides is 1. The van der Waals surface area contributed by atoms with E-state index in [1.165, 1.54) is 6.20 Å². The molecule has 0 bridgehead atoms. The van der Waals surface area contributed by atoms with Crippen LogP contribution in [0.5, 0.6) is 0 Å². The van der Waals surface area contributed by atoms with E-state index < -0.39 is 5.91 Å². The van der Waals surface area contributed by atoms with Crippen LogP contribution in [-0.4, -0.2) is 25.7 Å². The van der Waals surface area contributed by atoms with E-state index in [9.17, 15) is 4.79 Å². The van der Waals surface area contributed by atoms with E-state index in [-0.39, 0.29) is 5.57 Å². The van der Waals surface area contributed by atoms with Gasteiger partial charge in [-0.2, -0.15) is 5.26 Å². The topological polar surface area (TPSA) is 74.1 Å². The monoisotopic (exact) mass is 351 g/mol. The summed E-state index contributed by atoms with van der Waals surface area (Å²) in [6.45, 7) is 3.66. The molecule has 0 saturated heterocycles. The van der Waals surface area contributed by atoms with Gasteiger partial charge in [-0.05, 0) is 37.6 Å². The van der Waals surface area contributed by atoms with Gasteiger partial charge in [-0.25, -0.2) is 0 Å². The van der Waals surface area contributed by atoms with Crippen LogP contribution in [0.2, 0.25) is 0 Å². The lowest BCUT2D eigenvalue weighted by Gasteiger charge is -2.05. The van der Waals surface area contributed by atoms with E-state index in [4.69, 9.17) is 10.00 Å². The molecular formula is C15H18BrN3O2. The second-order valence-corrected chi connectivity index (χ2v) is 5.04. The summed E-state index contributed by atoms with van der Waals surface area (Å²) in [4.78, 5) is 11.8. The summed E-state index contributed by atoms with van der Waals surface area (Å²) in [6.07, 6.45) is 2.12. The molecule has 0 spiro atoms.